The molecule has 3 aromatic rings. The van der Waals surface area contributed by atoms with Crippen molar-refractivity contribution in [3.8, 4) is 0 Å². The van der Waals surface area contributed by atoms with Gasteiger partial charge in [-0.05, 0) is 43.7 Å². The first kappa shape index (κ1) is 20.9. The summed E-state index contributed by atoms with van der Waals surface area (Å²) < 4.78 is 35.5. The minimum Gasteiger partial charge on any atom is -0.748 e. The first-order valence-electron chi connectivity index (χ1n) is 9.98. The van der Waals surface area contributed by atoms with Crippen LogP contribution in [0.1, 0.15) is 24.6 Å². The number of aromatic nitrogens is 1. The highest BCUT2D eigenvalue weighted by molar-refractivity contribution is 8.03. The quantitative estimate of drug-likeness (QED) is 0.422. The van der Waals surface area contributed by atoms with E-state index < -0.39 is 10.1 Å². The van der Waals surface area contributed by atoms with E-state index in [-0.39, 0.29) is 12.2 Å². The predicted octanol–water partition coefficient (Wildman–Crippen LogP) is 4.30. The zero-order valence-electron chi connectivity index (χ0n) is 17.0. The van der Waals surface area contributed by atoms with Crippen LogP contribution in [-0.4, -0.2) is 25.3 Å². The molecule has 0 spiro atoms. The third-order valence-electron chi connectivity index (χ3n) is 5.22. The number of rotatable bonds is 6. The van der Waals surface area contributed by atoms with Crippen LogP contribution >= 0.6 is 11.8 Å². The maximum atomic E-state index is 11.1. The molecule has 2 aromatic carbocycles. The molecule has 1 aliphatic heterocycles. The number of nitrogens with zero attached hydrogens (tertiary/aromatic N) is 2. The number of anilines is 1. The van der Waals surface area contributed by atoms with Crippen molar-refractivity contribution in [2.75, 3.05) is 17.2 Å². The Morgan fingerprint density at radius 3 is 2.67 bits per heavy atom. The van der Waals surface area contributed by atoms with E-state index in [4.69, 9.17) is 0 Å². The Kier molecular flexibility index (Phi) is 5.86. The monoisotopic (exact) mass is 440 g/mol. The summed E-state index contributed by atoms with van der Waals surface area (Å²) >= 11 is 1.74. The molecule has 0 fully saturated rings. The number of hydrogen-bond donors (Lipinski definition) is 0. The molecule has 5 nitrogen and oxygen atoms in total. The predicted molar refractivity (Wildman–Crippen MR) is 121 cm³/mol. The van der Waals surface area contributed by atoms with Crippen LogP contribution in [-0.2, 0) is 16.7 Å². The standard InChI is InChI=1S/C23H24N2O3S2/c1-3-24-20-7-4-5-8-22(20)29-23(24)16-19-12-11-18-10-9-17(2)15-21(18)25(19)13-6-14-30(26,27)28/h4-5,7-12,15-16H,3,6,13-14H2,1-2H3. The van der Waals surface area contributed by atoms with E-state index in [2.05, 4.69) is 64.9 Å². The summed E-state index contributed by atoms with van der Waals surface area (Å²) in [6.07, 6.45) is 2.44. The fourth-order valence-corrected chi connectivity index (χ4v) is 5.48. The van der Waals surface area contributed by atoms with Crippen LogP contribution in [0.15, 0.2) is 64.5 Å². The van der Waals surface area contributed by atoms with Gasteiger partial charge in [0.2, 0.25) is 11.2 Å². The lowest BCUT2D eigenvalue weighted by Gasteiger charge is -2.17. The normalized spacial score (nSPS) is 15.2. The lowest BCUT2D eigenvalue weighted by atomic mass is 10.1. The van der Waals surface area contributed by atoms with Gasteiger partial charge in [0.05, 0.1) is 20.8 Å². The summed E-state index contributed by atoms with van der Waals surface area (Å²) in [7, 11) is -4.23. The summed E-state index contributed by atoms with van der Waals surface area (Å²) in [6, 6.07) is 18.7. The van der Waals surface area contributed by atoms with Crippen LogP contribution in [0.25, 0.3) is 17.0 Å². The Hall–Kier alpha value is -2.35. The van der Waals surface area contributed by atoms with Gasteiger partial charge in [-0.15, -0.1) is 0 Å². The number of thioether (sulfide) groups is 1. The second-order valence-electron chi connectivity index (χ2n) is 7.38. The van der Waals surface area contributed by atoms with E-state index in [0.717, 1.165) is 33.7 Å². The van der Waals surface area contributed by atoms with Gasteiger partial charge in [0.1, 0.15) is 0 Å². The largest absolute Gasteiger partial charge is 0.748 e. The second kappa shape index (κ2) is 8.41. The summed E-state index contributed by atoms with van der Waals surface area (Å²) in [5.74, 6) is -0.362. The highest BCUT2D eigenvalue weighted by Crippen LogP contribution is 2.46. The number of fused-ring (bicyclic) bond motifs is 2. The van der Waals surface area contributed by atoms with Crippen LogP contribution in [0, 0.1) is 6.92 Å². The van der Waals surface area contributed by atoms with Crippen molar-refractivity contribution in [3.05, 3.63) is 70.9 Å². The number of pyridine rings is 1. The molecule has 0 unspecified atom stereocenters. The molecule has 4 rings (SSSR count). The van der Waals surface area contributed by atoms with Crippen molar-refractivity contribution in [2.24, 2.45) is 0 Å². The summed E-state index contributed by atoms with van der Waals surface area (Å²) in [6.45, 7) is 5.49. The molecule has 0 saturated heterocycles. The van der Waals surface area contributed by atoms with Gasteiger partial charge in [0.15, 0.2) is 6.54 Å². The summed E-state index contributed by atoms with van der Waals surface area (Å²) in [4.78, 5) is 3.51. The molecule has 0 saturated carbocycles. The Morgan fingerprint density at radius 1 is 1.13 bits per heavy atom. The average molecular weight is 441 g/mol. The smallest absolute Gasteiger partial charge is 0.213 e. The lowest BCUT2D eigenvalue weighted by molar-refractivity contribution is -0.673. The molecule has 7 heteroatoms. The van der Waals surface area contributed by atoms with Crippen LogP contribution in [0.4, 0.5) is 5.69 Å². The van der Waals surface area contributed by atoms with E-state index in [0.29, 0.717) is 6.54 Å². The first-order chi connectivity index (χ1) is 14.4. The first-order valence-corrected chi connectivity index (χ1v) is 12.4. The van der Waals surface area contributed by atoms with E-state index in [9.17, 15) is 13.0 Å². The molecule has 0 aliphatic carbocycles. The SMILES string of the molecule is CCN1/C(=C/c2ccc3ccc(C)cc3[n+]2CCCS(=O)(=O)[O-])Sc2ccccc21. The maximum absolute atomic E-state index is 11.1. The topological polar surface area (TPSA) is 64.3 Å². The number of benzene rings is 2. The molecular weight excluding hydrogens is 416 g/mol. The molecule has 156 valence electrons. The van der Waals surface area contributed by atoms with Gasteiger partial charge in [-0.1, -0.05) is 30.0 Å². The zero-order chi connectivity index (χ0) is 21.3. The highest BCUT2D eigenvalue weighted by Gasteiger charge is 2.25. The van der Waals surface area contributed by atoms with Crippen LogP contribution in [0.3, 0.4) is 0 Å². The maximum Gasteiger partial charge on any atom is 0.213 e. The van der Waals surface area contributed by atoms with Crippen molar-refractivity contribution in [1.82, 2.24) is 0 Å². The third-order valence-corrected chi connectivity index (χ3v) is 7.12. The van der Waals surface area contributed by atoms with E-state index in [1.165, 1.54) is 10.6 Å². The lowest BCUT2D eigenvalue weighted by Crippen LogP contribution is -2.39. The Balaban J connectivity index is 1.78. The van der Waals surface area contributed by atoms with E-state index in [1.807, 2.05) is 19.1 Å². The minimum absolute atomic E-state index is 0.282. The van der Waals surface area contributed by atoms with Crippen molar-refractivity contribution in [1.29, 1.82) is 0 Å². The molecule has 1 aliphatic rings. The molecule has 1 aromatic heterocycles. The number of aryl methyl sites for hydroxylation is 2. The minimum atomic E-state index is -4.23. The van der Waals surface area contributed by atoms with Crippen molar-refractivity contribution < 1.29 is 17.5 Å². The van der Waals surface area contributed by atoms with Gasteiger partial charge < -0.3 is 9.45 Å². The molecular formula is C23H24N2O3S2. The van der Waals surface area contributed by atoms with Gasteiger partial charge in [-0.2, -0.15) is 4.57 Å². The summed E-state index contributed by atoms with van der Waals surface area (Å²) in [5.41, 5.74) is 4.37. The summed E-state index contributed by atoms with van der Waals surface area (Å²) in [5, 5.41) is 2.22. The van der Waals surface area contributed by atoms with Gasteiger partial charge in [-0.25, -0.2) is 8.42 Å². The molecule has 0 atom stereocenters. The second-order valence-corrected chi connectivity index (χ2v) is 9.97. The molecule has 2 heterocycles. The zero-order valence-corrected chi connectivity index (χ0v) is 18.7. The van der Waals surface area contributed by atoms with Gasteiger partial charge >= 0.3 is 0 Å². The van der Waals surface area contributed by atoms with Gasteiger partial charge in [0, 0.05) is 47.2 Å². The Labute approximate surface area is 181 Å². The molecule has 30 heavy (non-hydrogen) atoms. The van der Waals surface area contributed by atoms with Crippen molar-refractivity contribution >= 4 is 44.5 Å². The van der Waals surface area contributed by atoms with Crippen LogP contribution in [0.2, 0.25) is 0 Å². The Bertz CT molecular complexity index is 1240. The molecule has 0 bridgehead atoms. The van der Waals surface area contributed by atoms with Gasteiger partial charge in [-0.3, -0.25) is 0 Å². The van der Waals surface area contributed by atoms with Crippen molar-refractivity contribution in [2.45, 2.75) is 31.7 Å². The Morgan fingerprint density at radius 2 is 1.90 bits per heavy atom. The fourth-order valence-electron chi connectivity index (χ4n) is 3.82. The fraction of sp³-hybridized carbons (Fsp3) is 0.261. The van der Waals surface area contributed by atoms with Gasteiger partial charge in [0.25, 0.3) is 0 Å². The van der Waals surface area contributed by atoms with Crippen molar-refractivity contribution in [3.63, 3.8) is 0 Å². The van der Waals surface area contributed by atoms with E-state index in [1.54, 1.807) is 11.8 Å². The molecule has 0 N–H and O–H groups in total. The molecule has 0 radical (unpaired) electrons. The van der Waals surface area contributed by atoms with E-state index >= 15 is 0 Å². The number of hydrogen-bond acceptors (Lipinski definition) is 5. The average Bonchev–Trinajstić information content (AvgIpc) is 3.05. The number of para-hydroxylation sites is 1. The molecule has 0 amide bonds. The third kappa shape index (κ3) is 4.38. The van der Waals surface area contributed by atoms with Crippen LogP contribution in [0.5, 0.6) is 0 Å². The van der Waals surface area contributed by atoms with Crippen LogP contribution < -0.4 is 9.47 Å². The highest BCUT2D eigenvalue weighted by atomic mass is 32.2.